The van der Waals surface area contributed by atoms with Gasteiger partial charge in [0.05, 0.1) is 12.2 Å². The van der Waals surface area contributed by atoms with E-state index in [9.17, 15) is 9.00 Å². The zero-order valence-electron chi connectivity index (χ0n) is 10.1. The molecule has 0 spiro atoms. The molecule has 17 heavy (non-hydrogen) atoms. The van der Waals surface area contributed by atoms with Gasteiger partial charge in [-0.3, -0.25) is 0 Å². The van der Waals surface area contributed by atoms with Crippen LogP contribution < -0.4 is 4.72 Å². The summed E-state index contributed by atoms with van der Waals surface area (Å²) in [7, 11) is -1.10. The minimum Gasteiger partial charge on any atom is -0.462 e. The average Bonchev–Trinajstić information content (AvgIpc) is 2.30. The van der Waals surface area contributed by atoms with Crippen LogP contribution in [0.4, 0.5) is 5.69 Å². The Morgan fingerprint density at radius 3 is 2.82 bits per heavy atom. The molecular weight excluding hydrogens is 238 g/mol. The van der Waals surface area contributed by atoms with Crippen LogP contribution in [0.2, 0.25) is 0 Å². The van der Waals surface area contributed by atoms with E-state index in [4.69, 9.17) is 4.74 Å². The fraction of sp³-hybridized carbons (Fsp3) is 0.417. The van der Waals surface area contributed by atoms with Crippen molar-refractivity contribution in [2.45, 2.75) is 20.3 Å². The summed E-state index contributed by atoms with van der Waals surface area (Å²) in [5, 5.41) is 0. The normalized spacial score (nSPS) is 11.9. The zero-order valence-corrected chi connectivity index (χ0v) is 10.9. The molecule has 0 fully saturated rings. The molecule has 0 aliphatic carbocycles. The first-order valence-corrected chi connectivity index (χ1v) is 6.91. The van der Waals surface area contributed by atoms with Gasteiger partial charge in [-0.25, -0.2) is 9.00 Å². The summed E-state index contributed by atoms with van der Waals surface area (Å²) in [5.41, 5.74) is 1.13. The maximum Gasteiger partial charge on any atom is 0.338 e. The van der Waals surface area contributed by atoms with Crippen molar-refractivity contribution in [3.8, 4) is 0 Å². The van der Waals surface area contributed by atoms with E-state index in [1.165, 1.54) is 0 Å². The lowest BCUT2D eigenvalue weighted by molar-refractivity contribution is 0.0526. The van der Waals surface area contributed by atoms with Gasteiger partial charge < -0.3 is 9.46 Å². The van der Waals surface area contributed by atoms with Crippen LogP contribution >= 0.6 is 0 Å². The number of carbonyl (C=O) groups excluding carboxylic acids is 1. The molecule has 0 saturated carbocycles. The third-order valence-electron chi connectivity index (χ3n) is 1.99. The van der Waals surface area contributed by atoms with Crippen LogP contribution in [0, 0.1) is 0 Å². The minimum absolute atomic E-state index is 0.345. The second kappa shape index (κ2) is 7.06. The lowest BCUT2D eigenvalue weighted by Crippen LogP contribution is -2.09. The van der Waals surface area contributed by atoms with E-state index in [0.29, 0.717) is 23.6 Å². The standard InChI is InChI=1S/C12H17NO3S/c1-3-8-17(15)13-11-7-5-6-10(9-11)12(14)16-4-2/h5-7,9,13H,3-4,8H2,1-2H3. The van der Waals surface area contributed by atoms with Crippen LogP contribution in [0.15, 0.2) is 24.3 Å². The summed E-state index contributed by atoms with van der Waals surface area (Å²) < 4.78 is 19.2. The van der Waals surface area contributed by atoms with Crippen LogP contribution in [0.1, 0.15) is 30.6 Å². The highest BCUT2D eigenvalue weighted by molar-refractivity contribution is 7.86. The molecule has 1 aromatic carbocycles. The van der Waals surface area contributed by atoms with Gasteiger partial charge in [0, 0.05) is 11.4 Å². The maximum atomic E-state index is 11.5. The Bertz CT molecular complexity index is 406. The van der Waals surface area contributed by atoms with Crippen molar-refractivity contribution in [1.82, 2.24) is 0 Å². The van der Waals surface area contributed by atoms with Crippen molar-refractivity contribution < 1.29 is 13.7 Å². The van der Waals surface area contributed by atoms with E-state index >= 15 is 0 Å². The number of esters is 1. The highest BCUT2D eigenvalue weighted by Crippen LogP contribution is 2.12. The van der Waals surface area contributed by atoms with Gasteiger partial charge in [0.1, 0.15) is 11.0 Å². The summed E-state index contributed by atoms with van der Waals surface area (Å²) in [5.74, 6) is 0.223. The maximum absolute atomic E-state index is 11.5. The van der Waals surface area contributed by atoms with E-state index in [1.54, 1.807) is 31.2 Å². The Kier molecular flexibility index (Phi) is 5.69. The monoisotopic (exact) mass is 255 g/mol. The molecule has 5 heteroatoms. The Balaban J connectivity index is 2.72. The average molecular weight is 255 g/mol. The molecule has 1 unspecified atom stereocenters. The molecular formula is C12H17NO3S. The predicted octanol–water partition coefficient (Wildman–Crippen LogP) is 2.35. The van der Waals surface area contributed by atoms with Crippen molar-refractivity contribution in [2.75, 3.05) is 17.1 Å². The third kappa shape index (κ3) is 4.56. The summed E-state index contributed by atoms with van der Waals surface area (Å²) >= 11 is 0. The summed E-state index contributed by atoms with van der Waals surface area (Å²) in [6.07, 6.45) is 0.844. The van der Waals surface area contributed by atoms with Crippen molar-refractivity contribution in [1.29, 1.82) is 0 Å². The number of carbonyl (C=O) groups is 1. The molecule has 0 heterocycles. The van der Waals surface area contributed by atoms with Crippen molar-refractivity contribution in [3.05, 3.63) is 29.8 Å². The number of benzene rings is 1. The molecule has 1 N–H and O–H groups in total. The third-order valence-corrected chi connectivity index (χ3v) is 3.24. The van der Waals surface area contributed by atoms with Gasteiger partial charge >= 0.3 is 5.97 Å². The van der Waals surface area contributed by atoms with Gasteiger partial charge in [-0.15, -0.1) is 0 Å². The molecule has 0 aliphatic heterocycles. The molecule has 0 bridgehead atoms. The van der Waals surface area contributed by atoms with Gasteiger partial charge in [-0.05, 0) is 31.5 Å². The van der Waals surface area contributed by atoms with Crippen molar-refractivity contribution in [2.24, 2.45) is 0 Å². The number of hydrogen-bond donors (Lipinski definition) is 1. The van der Waals surface area contributed by atoms with E-state index in [1.807, 2.05) is 6.92 Å². The highest BCUT2D eigenvalue weighted by atomic mass is 32.2. The number of hydrogen-bond acceptors (Lipinski definition) is 3. The van der Waals surface area contributed by atoms with E-state index < -0.39 is 11.0 Å². The van der Waals surface area contributed by atoms with Crippen LogP contribution in [-0.4, -0.2) is 22.5 Å². The SMILES string of the molecule is CCCS(=O)Nc1cccc(C(=O)OCC)c1. The molecule has 4 nitrogen and oxygen atoms in total. The molecule has 94 valence electrons. The smallest absolute Gasteiger partial charge is 0.338 e. The first-order valence-electron chi connectivity index (χ1n) is 5.59. The van der Waals surface area contributed by atoms with Gasteiger partial charge in [0.25, 0.3) is 0 Å². The molecule has 0 aromatic heterocycles. The van der Waals surface area contributed by atoms with Gasteiger partial charge in [0.2, 0.25) is 0 Å². The van der Waals surface area contributed by atoms with E-state index in [0.717, 1.165) is 6.42 Å². The number of nitrogens with one attached hydrogen (secondary N) is 1. The molecule has 1 atom stereocenters. The Morgan fingerprint density at radius 2 is 2.18 bits per heavy atom. The second-order valence-electron chi connectivity index (χ2n) is 3.45. The Hall–Kier alpha value is -1.36. The van der Waals surface area contributed by atoms with Crippen molar-refractivity contribution in [3.63, 3.8) is 0 Å². The second-order valence-corrected chi connectivity index (χ2v) is 4.76. The van der Waals surface area contributed by atoms with Crippen LogP contribution in [0.5, 0.6) is 0 Å². The summed E-state index contributed by atoms with van der Waals surface area (Å²) in [6, 6.07) is 6.82. The highest BCUT2D eigenvalue weighted by Gasteiger charge is 2.07. The molecule has 0 aliphatic rings. The van der Waals surface area contributed by atoms with Crippen molar-refractivity contribution >= 4 is 22.6 Å². The zero-order chi connectivity index (χ0) is 12.7. The molecule has 1 aromatic rings. The van der Waals surface area contributed by atoms with Gasteiger partial charge in [-0.1, -0.05) is 13.0 Å². The van der Waals surface area contributed by atoms with Crippen LogP contribution in [-0.2, 0) is 15.7 Å². The minimum atomic E-state index is -1.10. The largest absolute Gasteiger partial charge is 0.462 e. The summed E-state index contributed by atoms with van der Waals surface area (Å²) in [6.45, 7) is 4.07. The summed E-state index contributed by atoms with van der Waals surface area (Å²) in [4.78, 5) is 11.5. The predicted molar refractivity (Wildman–Crippen MR) is 69.3 cm³/mol. The molecule has 0 saturated heterocycles. The van der Waals surface area contributed by atoms with Gasteiger partial charge in [0.15, 0.2) is 0 Å². The number of anilines is 1. The Morgan fingerprint density at radius 1 is 1.41 bits per heavy atom. The topological polar surface area (TPSA) is 55.4 Å². The molecule has 0 radical (unpaired) electrons. The first-order chi connectivity index (χ1) is 8.17. The molecule has 1 rings (SSSR count). The number of rotatable bonds is 6. The van der Waals surface area contributed by atoms with E-state index in [2.05, 4.69) is 4.72 Å². The lowest BCUT2D eigenvalue weighted by Gasteiger charge is -2.07. The molecule has 0 amide bonds. The van der Waals surface area contributed by atoms with Crippen LogP contribution in [0.25, 0.3) is 0 Å². The Labute approximate surface area is 104 Å². The fourth-order valence-electron chi connectivity index (χ4n) is 1.29. The van der Waals surface area contributed by atoms with Crippen LogP contribution in [0.3, 0.4) is 0 Å². The number of ether oxygens (including phenoxy) is 1. The lowest BCUT2D eigenvalue weighted by atomic mass is 10.2. The van der Waals surface area contributed by atoms with Gasteiger partial charge in [-0.2, -0.15) is 0 Å². The van der Waals surface area contributed by atoms with E-state index in [-0.39, 0.29) is 5.97 Å². The fourth-order valence-corrected chi connectivity index (χ4v) is 2.15. The quantitative estimate of drug-likeness (QED) is 0.794. The first kappa shape index (κ1) is 13.7.